The molecule has 102 valence electrons. The minimum Gasteiger partial charge on any atom is -0.495 e. The lowest BCUT2D eigenvalue weighted by atomic mass is 10.2. The van der Waals surface area contributed by atoms with E-state index < -0.39 is 0 Å². The predicted molar refractivity (Wildman–Crippen MR) is 84.2 cm³/mol. The van der Waals surface area contributed by atoms with Gasteiger partial charge in [0.25, 0.3) is 0 Å². The molecule has 0 spiro atoms. The molecule has 0 saturated carbocycles. The Kier molecular flexibility index (Phi) is 4.89. The number of rotatable bonds is 4. The fraction of sp³-hybridized carbons (Fsp3) is 0.133. The third-order valence-corrected chi connectivity index (χ3v) is 3.75. The van der Waals surface area contributed by atoms with Crippen molar-refractivity contribution in [3.63, 3.8) is 0 Å². The molecule has 2 aromatic rings. The van der Waals surface area contributed by atoms with Crippen molar-refractivity contribution in [3.8, 4) is 11.8 Å². The van der Waals surface area contributed by atoms with Gasteiger partial charge in [-0.25, -0.2) is 0 Å². The molecule has 3 nitrogen and oxygen atoms in total. The van der Waals surface area contributed by atoms with E-state index in [1.807, 2.05) is 24.3 Å². The topological polar surface area (TPSA) is 45.0 Å². The molecule has 2 aromatic carbocycles. The SMILES string of the molecule is COc1ccc(CNc2ccc(C#N)cc2Br)cc1Cl. The summed E-state index contributed by atoms with van der Waals surface area (Å²) in [5.74, 6) is 0.662. The molecular formula is C15H12BrClN2O. The molecule has 0 atom stereocenters. The number of nitriles is 1. The van der Waals surface area contributed by atoms with Gasteiger partial charge in [0.05, 0.1) is 23.8 Å². The van der Waals surface area contributed by atoms with Crippen LogP contribution in [0.3, 0.4) is 0 Å². The fourth-order valence-corrected chi connectivity index (χ4v) is 2.54. The van der Waals surface area contributed by atoms with Gasteiger partial charge in [-0.3, -0.25) is 0 Å². The first kappa shape index (κ1) is 14.7. The van der Waals surface area contributed by atoms with Crippen LogP contribution in [-0.2, 0) is 6.54 Å². The molecule has 20 heavy (non-hydrogen) atoms. The second-order valence-corrected chi connectivity index (χ2v) is 5.39. The highest BCUT2D eigenvalue weighted by Gasteiger charge is 2.04. The van der Waals surface area contributed by atoms with E-state index >= 15 is 0 Å². The van der Waals surface area contributed by atoms with Crippen molar-refractivity contribution in [2.45, 2.75) is 6.54 Å². The fourth-order valence-electron chi connectivity index (χ4n) is 1.75. The van der Waals surface area contributed by atoms with Gasteiger partial charge in [0.1, 0.15) is 5.75 Å². The molecule has 1 N–H and O–H groups in total. The third-order valence-electron chi connectivity index (χ3n) is 2.80. The number of ether oxygens (including phenoxy) is 1. The average molecular weight is 352 g/mol. The first-order valence-electron chi connectivity index (χ1n) is 5.90. The lowest BCUT2D eigenvalue weighted by Gasteiger charge is -2.10. The number of hydrogen-bond acceptors (Lipinski definition) is 3. The zero-order valence-electron chi connectivity index (χ0n) is 10.8. The largest absolute Gasteiger partial charge is 0.495 e. The normalized spacial score (nSPS) is 9.90. The Hall–Kier alpha value is -1.70. The Bertz CT molecular complexity index is 667. The van der Waals surface area contributed by atoms with E-state index in [1.54, 1.807) is 19.2 Å². The molecule has 0 radical (unpaired) electrons. The Labute approximate surface area is 131 Å². The summed E-state index contributed by atoms with van der Waals surface area (Å²) >= 11 is 9.52. The van der Waals surface area contributed by atoms with Gasteiger partial charge in [0.2, 0.25) is 0 Å². The quantitative estimate of drug-likeness (QED) is 0.876. The number of methoxy groups -OCH3 is 1. The molecule has 0 unspecified atom stereocenters. The van der Waals surface area contributed by atoms with E-state index in [4.69, 9.17) is 21.6 Å². The molecule has 0 aliphatic rings. The van der Waals surface area contributed by atoms with Crippen LogP contribution < -0.4 is 10.1 Å². The van der Waals surface area contributed by atoms with Gasteiger partial charge < -0.3 is 10.1 Å². The molecule has 0 aromatic heterocycles. The second kappa shape index (κ2) is 6.65. The lowest BCUT2D eigenvalue weighted by molar-refractivity contribution is 0.415. The van der Waals surface area contributed by atoms with Gasteiger partial charge in [0, 0.05) is 16.7 Å². The summed E-state index contributed by atoms with van der Waals surface area (Å²) in [6.45, 7) is 0.633. The molecule has 0 aliphatic heterocycles. The van der Waals surface area contributed by atoms with Crippen molar-refractivity contribution in [2.24, 2.45) is 0 Å². The van der Waals surface area contributed by atoms with E-state index in [1.165, 1.54) is 0 Å². The first-order valence-corrected chi connectivity index (χ1v) is 7.07. The van der Waals surface area contributed by atoms with Gasteiger partial charge >= 0.3 is 0 Å². The molecule has 0 bridgehead atoms. The Morgan fingerprint density at radius 1 is 1.30 bits per heavy atom. The number of benzene rings is 2. The minimum absolute atomic E-state index is 0.589. The summed E-state index contributed by atoms with van der Waals surface area (Å²) in [5, 5.41) is 12.7. The molecule has 0 fully saturated rings. The Morgan fingerprint density at radius 3 is 2.70 bits per heavy atom. The maximum Gasteiger partial charge on any atom is 0.137 e. The van der Waals surface area contributed by atoms with E-state index in [2.05, 4.69) is 27.3 Å². The van der Waals surface area contributed by atoms with Crippen LogP contribution in [0.1, 0.15) is 11.1 Å². The van der Waals surface area contributed by atoms with Crippen LogP contribution in [0.15, 0.2) is 40.9 Å². The van der Waals surface area contributed by atoms with Gasteiger partial charge in [-0.05, 0) is 51.8 Å². The van der Waals surface area contributed by atoms with Crippen molar-refractivity contribution in [1.29, 1.82) is 5.26 Å². The molecule has 0 heterocycles. The van der Waals surface area contributed by atoms with E-state index in [-0.39, 0.29) is 0 Å². The van der Waals surface area contributed by atoms with Crippen LogP contribution in [0.4, 0.5) is 5.69 Å². The highest BCUT2D eigenvalue weighted by atomic mass is 79.9. The standard InChI is InChI=1S/C15H12BrClN2O/c1-20-15-5-3-11(7-13(15)17)9-19-14-4-2-10(8-18)6-12(14)16/h2-7,19H,9H2,1H3. The molecule has 2 rings (SSSR count). The van der Waals surface area contributed by atoms with Gasteiger partial charge in [0.15, 0.2) is 0 Å². The number of halogens is 2. The maximum absolute atomic E-state index is 8.82. The highest BCUT2D eigenvalue weighted by Crippen LogP contribution is 2.27. The van der Waals surface area contributed by atoms with Gasteiger partial charge in [-0.1, -0.05) is 17.7 Å². The molecule has 0 saturated heterocycles. The molecule has 0 aliphatic carbocycles. The van der Waals surface area contributed by atoms with Gasteiger partial charge in [-0.15, -0.1) is 0 Å². The van der Waals surface area contributed by atoms with Crippen molar-refractivity contribution >= 4 is 33.2 Å². The van der Waals surface area contributed by atoms with Crippen LogP contribution in [0.5, 0.6) is 5.75 Å². The second-order valence-electron chi connectivity index (χ2n) is 4.13. The van der Waals surface area contributed by atoms with Crippen LogP contribution >= 0.6 is 27.5 Å². The smallest absolute Gasteiger partial charge is 0.137 e. The minimum atomic E-state index is 0.589. The van der Waals surface area contributed by atoms with Crippen LogP contribution in [0.25, 0.3) is 0 Å². The third kappa shape index (κ3) is 3.44. The summed E-state index contributed by atoms with van der Waals surface area (Å²) in [7, 11) is 1.59. The van der Waals surface area contributed by atoms with Crippen molar-refractivity contribution in [1.82, 2.24) is 0 Å². The Balaban J connectivity index is 2.09. The zero-order chi connectivity index (χ0) is 14.5. The number of nitrogens with one attached hydrogen (secondary N) is 1. The first-order chi connectivity index (χ1) is 9.63. The summed E-state index contributed by atoms with van der Waals surface area (Å²) in [5.41, 5.74) is 2.60. The average Bonchev–Trinajstić information content (AvgIpc) is 2.46. The molecule has 5 heteroatoms. The molecular weight excluding hydrogens is 340 g/mol. The van der Waals surface area contributed by atoms with Crippen LogP contribution in [0.2, 0.25) is 5.02 Å². The summed E-state index contributed by atoms with van der Waals surface area (Å²) in [4.78, 5) is 0. The van der Waals surface area contributed by atoms with E-state index in [9.17, 15) is 0 Å². The summed E-state index contributed by atoms with van der Waals surface area (Å²) in [6.07, 6.45) is 0. The predicted octanol–water partition coefficient (Wildman–Crippen LogP) is 4.59. The van der Waals surface area contributed by atoms with E-state index in [0.717, 1.165) is 15.7 Å². The Morgan fingerprint density at radius 2 is 2.10 bits per heavy atom. The highest BCUT2D eigenvalue weighted by molar-refractivity contribution is 9.10. The summed E-state index contributed by atoms with van der Waals surface area (Å²) in [6, 6.07) is 13.2. The number of hydrogen-bond donors (Lipinski definition) is 1. The lowest BCUT2D eigenvalue weighted by Crippen LogP contribution is -2.00. The van der Waals surface area contributed by atoms with Crippen LogP contribution in [0, 0.1) is 11.3 Å². The van der Waals surface area contributed by atoms with Crippen molar-refractivity contribution in [2.75, 3.05) is 12.4 Å². The van der Waals surface area contributed by atoms with Crippen molar-refractivity contribution in [3.05, 3.63) is 57.0 Å². The number of nitrogens with zero attached hydrogens (tertiary/aromatic N) is 1. The van der Waals surface area contributed by atoms with Crippen molar-refractivity contribution < 1.29 is 4.74 Å². The van der Waals surface area contributed by atoms with E-state index in [0.29, 0.717) is 22.9 Å². The zero-order valence-corrected chi connectivity index (χ0v) is 13.1. The molecule has 0 amide bonds. The van der Waals surface area contributed by atoms with Crippen LogP contribution in [-0.4, -0.2) is 7.11 Å². The van der Waals surface area contributed by atoms with Gasteiger partial charge in [-0.2, -0.15) is 5.26 Å². The monoisotopic (exact) mass is 350 g/mol. The summed E-state index contributed by atoms with van der Waals surface area (Å²) < 4.78 is 5.97. The number of anilines is 1. The maximum atomic E-state index is 8.82.